The van der Waals surface area contributed by atoms with E-state index in [0.29, 0.717) is 18.3 Å². The molecule has 2 heterocycles. The van der Waals surface area contributed by atoms with Crippen LogP contribution in [-0.2, 0) is 6.54 Å². The fourth-order valence-electron chi connectivity index (χ4n) is 2.53. The molecule has 0 fully saturated rings. The van der Waals surface area contributed by atoms with Crippen molar-refractivity contribution < 1.29 is 9.26 Å². The van der Waals surface area contributed by atoms with E-state index in [1.165, 1.54) is 0 Å². The zero-order valence-corrected chi connectivity index (χ0v) is 14.9. The summed E-state index contributed by atoms with van der Waals surface area (Å²) in [6, 6.07) is 9.80. The van der Waals surface area contributed by atoms with Gasteiger partial charge in [-0.25, -0.2) is 9.97 Å². The molecule has 0 aliphatic rings. The van der Waals surface area contributed by atoms with Gasteiger partial charge in [-0.05, 0) is 30.5 Å². The molecular formula is C19H22N4O2. The van der Waals surface area contributed by atoms with Crippen LogP contribution in [0.1, 0.15) is 36.7 Å². The Hall–Kier alpha value is -2.89. The van der Waals surface area contributed by atoms with Gasteiger partial charge in [-0.2, -0.15) is 0 Å². The van der Waals surface area contributed by atoms with Gasteiger partial charge in [0, 0.05) is 18.8 Å². The van der Waals surface area contributed by atoms with Gasteiger partial charge in [0.25, 0.3) is 0 Å². The Kier molecular flexibility index (Phi) is 4.97. The second-order valence-electron chi connectivity index (χ2n) is 6.18. The van der Waals surface area contributed by atoms with E-state index in [1.807, 2.05) is 37.3 Å². The summed E-state index contributed by atoms with van der Waals surface area (Å²) < 4.78 is 10.5. The molecule has 130 valence electrons. The largest absolute Gasteiger partial charge is 0.497 e. The lowest BCUT2D eigenvalue weighted by molar-refractivity contribution is 0.414. The Morgan fingerprint density at radius 1 is 1.20 bits per heavy atom. The molecule has 0 unspecified atom stereocenters. The van der Waals surface area contributed by atoms with Gasteiger partial charge >= 0.3 is 0 Å². The van der Waals surface area contributed by atoms with Crippen LogP contribution in [0.2, 0.25) is 0 Å². The number of hydrogen-bond acceptors (Lipinski definition) is 6. The zero-order valence-electron chi connectivity index (χ0n) is 14.9. The van der Waals surface area contributed by atoms with E-state index >= 15 is 0 Å². The van der Waals surface area contributed by atoms with Gasteiger partial charge in [0.2, 0.25) is 5.95 Å². The van der Waals surface area contributed by atoms with Gasteiger partial charge in [-0.3, -0.25) is 0 Å². The third-order valence-electron chi connectivity index (χ3n) is 3.87. The van der Waals surface area contributed by atoms with E-state index in [4.69, 9.17) is 9.26 Å². The number of hydrogen-bond donors (Lipinski definition) is 1. The van der Waals surface area contributed by atoms with E-state index in [0.717, 1.165) is 28.3 Å². The maximum Gasteiger partial charge on any atom is 0.223 e. The predicted octanol–water partition coefficient (Wildman–Crippen LogP) is 4.18. The molecule has 6 nitrogen and oxygen atoms in total. The Morgan fingerprint density at radius 3 is 2.56 bits per heavy atom. The van der Waals surface area contributed by atoms with Gasteiger partial charge in [-0.1, -0.05) is 31.1 Å². The minimum absolute atomic E-state index is 0.241. The highest BCUT2D eigenvalue weighted by Gasteiger charge is 2.16. The van der Waals surface area contributed by atoms with E-state index in [2.05, 4.69) is 34.3 Å². The van der Waals surface area contributed by atoms with Crippen molar-refractivity contribution in [2.75, 3.05) is 12.4 Å². The molecule has 6 heteroatoms. The summed E-state index contributed by atoms with van der Waals surface area (Å²) in [4.78, 5) is 9.09. The Morgan fingerprint density at radius 2 is 1.96 bits per heavy atom. The van der Waals surface area contributed by atoms with Crippen LogP contribution >= 0.6 is 0 Å². The molecule has 0 amide bonds. The van der Waals surface area contributed by atoms with E-state index in [9.17, 15) is 0 Å². The minimum atomic E-state index is 0.241. The highest BCUT2D eigenvalue weighted by molar-refractivity contribution is 5.61. The number of rotatable bonds is 6. The first kappa shape index (κ1) is 17.0. The predicted molar refractivity (Wildman–Crippen MR) is 96.7 cm³/mol. The molecule has 2 aromatic heterocycles. The Labute approximate surface area is 147 Å². The maximum atomic E-state index is 5.37. The average molecular weight is 338 g/mol. The third-order valence-corrected chi connectivity index (χ3v) is 3.87. The Balaban J connectivity index is 1.79. The zero-order chi connectivity index (χ0) is 17.8. The first-order valence-electron chi connectivity index (χ1n) is 8.24. The SMILES string of the molecule is COc1ccc(CNc2ncc(-c3cc(C)no3)c(C(C)C)n2)cc1. The molecule has 0 spiro atoms. The molecule has 0 bridgehead atoms. The van der Waals surface area contributed by atoms with E-state index in [-0.39, 0.29) is 5.92 Å². The number of ether oxygens (including phenoxy) is 1. The quantitative estimate of drug-likeness (QED) is 0.727. The lowest BCUT2D eigenvalue weighted by Gasteiger charge is -2.12. The van der Waals surface area contributed by atoms with Crippen molar-refractivity contribution in [3.8, 4) is 17.1 Å². The van der Waals surface area contributed by atoms with Crippen LogP contribution in [0.3, 0.4) is 0 Å². The number of methoxy groups -OCH3 is 1. The van der Waals surface area contributed by atoms with Crippen LogP contribution in [0.25, 0.3) is 11.3 Å². The fourth-order valence-corrected chi connectivity index (χ4v) is 2.53. The second kappa shape index (κ2) is 7.34. The summed E-state index contributed by atoms with van der Waals surface area (Å²) in [5.41, 5.74) is 3.78. The van der Waals surface area contributed by atoms with Crippen molar-refractivity contribution in [1.29, 1.82) is 0 Å². The van der Waals surface area contributed by atoms with E-state index < -0.39 is 0 Å². The van der Waals surface area contributed by atoms with Crippen molar-refractivity contribution >= 4 is 5.95 Å². The lowest BCUT2D eigenvalue weighted by atomic mass is 10.0. The number of aromatic nitrogens is 3. The van der Waals surface area contributed by atoms with Crippen LogP contribution < -0.4 is 10.1 Å². The van der Waals surface area contributed by atoms with Crippen molar-refractivity contribution in [1.82, 2.24) is 15.1 Å². The molecule has 0 radical (unpaired) electrons. The fraction of sp³-hybridized carbons (Fsp3) is 0.316. The monoisotopic (exact) mass is 338 g/mol. The maximum absolute atomic E-state index is 5.37. The number of nitrogens with zero attached hydrogens (tertiary/aromatic N) is 3. The number of benzene rings is 1. The molecular weight excluding hydrogens is 316 g/mol. The minimum Gasteiger partial charge on any atom is -0.497 e. The molecule has 0 saturated heterocycles. The van der Waals surface area contributed by atoms with Gasteiger partial charge < -0.3 is 14.6 Å². The number of anilines is 1. The van der Waals surface area contributed by atoms with Gasteiger partial charge in [0.15, 0.2) is 5.76 Å². The van der Waals surface area contributed by atoms with Crippen LogP contribution in [0.15, 0.2) is 41.1 Å². The molecule has 0 aliphatic carbocycles. The van der Waals surface area contributed by atoms with Crippen molar-refractivity contribution in [3.63, 3.8) is 0 Å². The van der Waals surface area contributed by atoms with Crippen LogP contribution in [0.4, 0.5) is 5.95 Å². The summed E-state index contributed by atoms with van der Waals surface area (Å²) in [6.07, 6.45) is 1.79. The highest BCUT2D eigenvalue weighted by atomic mass is 16.5. The molecule has 25 heavy (non-hydrogen) atoms. The first-order valence-corrected chi connectivity index (χ1v) is 8.24. The summed E-state index contributed by atoms with van der Waals surface area (Å²) in [5, 5.41) is 7.22. The molecule has 1 aromatic carbocycles. The second-order valence-corrected chi connectivity index (χ2v) is 6.18. The summed E-state index contributed by atoms with van der Waals surface area (Å²) >= 11 is 0. The van der Waals surface area contributed by atoms with Crippen LogP contribution in [0, 0.1) is 6.92 Å². The average Bonchev–Trinajstić information content (AvgIpc) is 3.06. The normalized spacial score (nSPS) is 10.9. The van der Waals surface area contributed by atoms with Crippen molar-refractivity contribution in [3.05, 3.63) is 53.5 Å². The van der Waals surface area contributed by atoms with Crippen molar-refractivity contribution in [2.24, 2.45) is 0 Å². The molecule has 0 atom stereocenters. The summed E-state index contributed by atoms with van der Waals surface area (Å²) in [7, 11) is 1.66. The molecule has 0 aliphatic heterocycles. The topological polar surface area (TPSA) is 73.1 Å². The van der Waals surface area contributed by atoms with E-state index in [1.54, 1.807) is 13.3 Å². The number of nitrogens with one attached hydrogen (secondary N) is 1. The molecule has 0 saturated carbocycles. The molecule has 1 N–H and O–H groups in total. The summed E-state index contributed by atoms with van der Waals surface area (Å²) in [5.74, 6) is 2.38. The molecule has 3 rings (SSSR count). The Bertz CT molecular complexity index is 841. The summed E-state index contributed by atoms with van der Waals surface area (Å²) in [6.45, 7) is 6.74. The number of aryl methyl sites for hydroxylation is 1. The van der Waals surface area contributed by atoms with Crippen LogP contribution in [0.5, 0.6) is 5.75 Å². The van der Waals surface area contributed by atoms with Gasteiger partial charge in [0.05, 0.1) is 24.1 Å². The highest BCUT2D eigenvalue weighted by Crippen LogP contribution is 2.28. The lowest BCUT2D eigenvalue weighted by Crippen LogP contribution is -2.07. The smallest absolute Gasteiger partial charge is 0.223 e. The first-order chi connectivity index (χ1) is 12.1. The standard InChI is InChI=1S/C19H22N4O2/c1-12(2)18-16(17-9-13(3)23-25-17)11-21-19(22-18)20-10-14-5-7-15(24-4)8-6-14/h5-9,11-12H,10H2,1-4H3,(H,20,21,22). The van der Waals surface area contributed by atoms with Gasteiger partial charge in [-0.15, -0.1) is 0 Å². The van der Waals surface area contributed by atoms with Crippen LogP contribution in [-0.4, -0.2) is 22.2 Å². The third kappa shape index (κ3) is 3.96. The van der Waals surface area contributed by atoms with Gasteiger partial charge in [0.1, 0.15) is 5.75 Å². The molecule has 3 aromatic rings. The van der Waals surface area contributed by atoms with Crippen molar-refractivity contribution in [2.45, 2.75) is 33.2 Å².